The summed E-state index contributed by atoms with van der Waals surface area (Å²) in [7, 11) is 3.92. The van der Waals surface area contributed by atoms with Crippen LogP contribution in [0, 0.1) is 5.82 Å². The fourth-order valence-electron chi connectivity index (χ4n) is 1.65. The molecule has 0 saturated heterocycles. The van der Waals surface area contributed by atoms with Crippen LogP contribution in [0.15, 0.2) is 42.5 Å². The molecular formula is C14H16FN3. The molecule has 0 aliphatic heterocycles. The molecule has 2 aromatic carbocycles. The van der Waals surface area contributed by atoms with E-state index in [1.807, 2.05) is 43.3 Å². The third-order valence-electron chi connectivity index (χ3n) is 2.63. The molecule has 2 aromatic rings. The van der Waals surface area contributed by atoms with E-state index in [0.29, 0.717) is 11.4 Å². The summed E-state index contributed by atoms with van der Waals surface area (Å²) in [5.41, 5.74) is 8.23. The highest BCUT2D eigenvalue weighted by Gasteiger charge is 2.03. The van der Waals surface area contributed by atoms with Crippen LogP contribution in [0.3, 0.4) is 0 Å². The number of hydrogen-bond donors (Lipinski definition) is 2. The second-order valence-electron chi connectivity index (χ2n) is 4.31. The predicted octanol–water partition coefficient (Wildman–Crippen LogP) is 3.22. The molecule has 0 radical (unpaired) electrons. The summed E-state index contributed by atoms with van der Waals surface area (Å²) in [6, 6.07) is 12.4. The fourth-order valence-corrected chi connectivity index (χ4v) is 1.65. The molecule has 0 aromatic heterocycles. The highest BCUT2D eigenvalue weighted by atomic mass is 19.1. The zero-order chi connectivity index (χ0) is 13.1. The Morgan fingerprint density at radius 3 is 2.56 bits per heavy atom. The van der Waals surface area contributed by atoms with Gasteiger partial charge in [0.05, 0.1) is 5.69 Å². The molecule has 0 heterocycles. The Balaban J connectivity index is 2.25. The van der Waals surface area contributed by atoms with Gasteiger partial charge < -0.3 is 16.0 Å². The molecule has 0 bridgehead atoms. The minimum absolute atomic E-state index is 0.356. The van der Waals surface area contributed by atoms with E-state index >= 15 is 0 Å². The molecule has 2 rings (SSSR count). The van der Waals surface area contributed by atoms with Crippen molar-refractivity contribution in [2.75, 3.05) is 30.0 Å². The number of rotatable bonds is 3. The monoisotopic (exact) mass is 245 g/mol. The Labute approximate surface area is 106 Å². The van der Waals surface area contributed by atoms with E-state index in [0.717, 1.165) is 11.4 Å². The molecule has 0 saturated carbocycles. The first-order valence-corrected chi connectivity index (χ1v) is 5.66. The third kappa shape index (κ3) is 2.71. The first-order valence-electron chi connectivity index (χ1n) is 5.66. The van der Waals surface area contributed by atoms with E-state index in [4.69, 9.17) is 5.73 Å². The lowest BCUT2D eigenvalue weighted by atomic mass is 10.2. The average Bonchev–Trinajstić information content (AvgIpc) is 2.33. The van der Waals surface area contributed by atoms with Gasteiger partial charge in [0.1, 0.15) is 5.82 Å². The van der Waals surface area contributed by atoms with E-state index in [2.05, 4.69) is 5.32 Å². The molecule has 3 N–H and O–H groups in total. The van der Waals surface area contributed by atoms with Crippen LogP contribution in [-0.2, 0) is 0 Å². The zero-order valence-corrected chi connectivity index (χ0v) is 10.4. The maximum absolute atomic E-state index is 13.6. The molecule has 94 valence electrons. The quantitative estimate of drug-likeness (QED) is 0.816. The Morgan fingerprint density at radius 1 is 1.11 bits per heavy atom. The minimum Gasteiger partial charge on any atom is -0.399 e. The number of nitrogens with one attached hydrogen (secondary N) is 1. The molecule has 0 fully saturated rings. The van der Waals surface area contributed by atoms with Crippen molar-refractivity contribution in [1.29, 1.82) is 0 Å². The van der Waals surface area contributed by atoms with Crippen LogP contribution in [0.1, 0.15) is 0 Å². The summed E-state index contributed by atoms with van der Waals surface area (Å²) in [6.07, 6.45) is 0. The van der Waals surface area contributed by atoms with Crippen LogP contribution in [0.25, 0.3) is 0 Å². The average molecular weight is 245 g/mol. The second-order valence-corrected chi connectivity index (χ2v) is 4.31. The number of nitrogens with zero attached hydrogens (tertiary/aromatic N) is 1. The summed E-state index contributed by atoms with van der Waals surface area (Å²) >= 11 is 0. The van der Waals surface area contributed by atoms with Crippen molar-refractivity contribution in [2.24, 2.45) is 0 Å². The van der Waals surface area contributed by atoms with E-state index in [1.165, 1.54) is 6.07 Å². The summed E-state index contributed by atoms with van der Waals surface area (Å²) in [4.78, 5) is 1.99. The molecule has 0 aliphatic rings. The van der Waals surface area contributed by atoms with Gasteiger partial charge in [-0.25, -0.2) is 4.39 Å². The van der Waals surface area contributed by atoms with Crippen molar-refractivity contribution in [3.8, 4) is 0 Å². The van der Waals surface area contributed by atoms with Gasteiger partial charge in [0.2, 0.25) is 0 Å². The van der Waals surface area contributed by atoms with Crippen molar-refractivity contribution < 1.29 is 4.39 Å². The Morgan fingerprint density at radius 2 is 1.89 bits per heavy atom. The van der Waals surface area contributed by atoms with Gasteiger partial charge in [0, 0.05) is 31.2 Å². The Kier molecular flexibility index (Phi) is 3.37. The lowest BCUT2D eigenvalue weighted by Crippen LogP contribution is -2.08. The summed E-state index contributed by atoms with van der Waals surface area (Å²) in [5.74, 6) is -0.356. The van der Waals surface area contributed by atoms with Gasteiger partial charge >= 0.3 is 0 Å². The van der Waals surface area contributed by atoms with Crippen LogP contribution in [0.2, 0.25) is 0 Å². The smallest absolute Gasteiger partial charge is 0.148 e. The van der Waals surface area contributed by atoms with Crippen molar-refractivity contribution in [3.05, 3.63) is 48.3 Å². The van der Waals surface area contributed by atoms with E-state index in [1.54, 1.807) is 12.1 Å². The second kappa shape index (κ2) is 4.96. The number of nitrogens with two attached hydrogens (primary N) is 1. The zero-order valence-electron chi connectivity index (χ0n) is 10.4. The summed E-state index contributed by atoms with van der Waals surface area (Å²) in [5, 5.41) is 3.04. The Bertz CT molecular complexity index is 552. The summed E-state index contributed by atoms with van der Waals surface area (Å²) < 4.78 is 13.6. The van der Waals surface area contributed by atoms with Crippen LogP contribution < -0.4 is 16.0 Å². The molecule has 4 heteroatoms. The fraction of sp³-hybridized carbons (Fsp3) is 0.143. The first kappa shape index (κ1) is 12.2. The third-order valence-corrected chi connectivity index (χ3v) is 2.63. The normalized spacial score (nSPS) is 10.2. The SMILES string of the molecule is CN(C)c1cccc(Nc2ccc(N)cc2F)c1. The van der Waals surface area contributed by atoms with E-state index in [-0.39, 0.29) is 5.82 Å². The standard InChI is InChI=1S/C14H16FN3/c1-18(2)12-5-3-4-11(9-12)17-14-7-6-10(16)8-13(14)15/h3-9,17H,16H2,1-2H3. The Hall–Kier alpha value is -2.23. The number of halogens is 1. The molecule has 0 aliphatic carbocycles. The molecule has 3 nitrogen and oxygen atoms in total. The highest BCUT2D eigenvalue weighted by Crippen LogP contribution is 2.24. The predicted molar refractivity (Wildman–Crippen MR) is 74.9 cm³/mol. The van der Waals surface area contributed by atoms with Crippen LogP contribution >= 0.6 is 0 Å². The van der Waals surface area contributed by atoms with Crippen LogP contribution in [0.5, 0.6) is 0 Å². The molecular weight excluding hydrogens is 229 g/mol. The van der Waals surface area contributed by atoms with Gasteiger partial charge in [-0.2, -0.15) is 0 Å². The molecule has 0 spiro atoms. The molecule has 0 unspecified atom stereocenters. The van der Waals surface area contributed by atoms with Gasteiger partial charge in [-0.15, -0.1) is 0 Å². The lowest BCUT2D eigenvalue weighted by molar-refractivity contribution is 0.632. The molecule has 0 atom stereocenters. The van der Waals surface area contributed by atoms with Gasteiger partial charge in [-0.1, -0.05) is 6.07 Å². The molecule has 0 amide bonds. The van der Waals surface area contributed by atoms with E-state index < -0.39 is 0 Å². The van der Waals surface area contributed by atoms with Gasteiger partial charge in [-0.3, -0.25) is 0 Å². The van der Waals surface area contributed by atoms with Crippen molar-refractivity contribution >= 4 is 22.7 Å². The number of hydrogen-bond acceptors (Lipinski definition) is 3. The topological polar surface area (TPSA) is 41.3 Å². The van der Waals surface area contributed by atoms with Gasteiger partial charge in [-0.05, 0) is 36.4 Å². The van der Waals surface area contributed by atoms with E-state index in [9.17, 15) is 4.39 Å². The van der Waals surface area contributed by atoms with Crippen molar-refractivity contribution in [3.63, 3.8) is 0 Å². The van der Waals surface area contributed by atoms with Gasteiger partial charge in [0.15, 0.2) is 0 Å². The van der Waals surface area contributed by atoms with Crippen molar-refractivity contribution in [1.82, 2.24) is 0 Å². The maximum Gasteiger partial charge on any atom is 0.148 e. The van der Waals surface area contributed by atoms with Crippen molar-refractivity contribution in [2.45, 2.75) is 0 Å². The maximum atomic E-state index is 13.6. The lowest BCUT2D eigenvalue weighted by Gasteiger charge is -2.14. The highest BCUT2D eigenvalue weighted by molar-refractivity contribution is 5.66. The first-order chi connectivity index (χ1) is 8.56. The van der Waals surface area contributed by atoms with Crippen LogP contribution in [0.4, 0.5) is 27.1 Å². The number of nitrogen functional groups attached to an aromatic ring is 1. The number of benzene rings is 2. The van der Waals surface area contributed by atoms with Gasteiger partial charge in [0.25, 0.3) is 0 Å². The largest absolute Gasteiger partial charge is 0.399 e. The minimum atomic E-state index is -0.356. The summed E-state index contributed by atoms with van der Waals surface area (Å²) in [6.45, 7) is 0. The molecule has 18 heavy (non-hydrogen) atoms. The van der Waals surface area contributed by atoms with Crippen LogP contribution in [-0.4, -0.2) is 14.1 Å². The number of anilines is 4.